The number of benzene rings is 5. The van der Waals surface area contributed by atoms with Crippen molar-refractivity contribution in [3.8, 4) is 0 Å². The van der Waals surface area contributed by atoms with Crippen molar-refractivity contribution >= 4 is 57.2 Å². The zero-order chi connectivity index (χ0) is 47.1. The Morgan fingerprint density at radius 1 is 0.400 bits per heavy atom. The van der Waals surface area contributed by atoms with E-state index < -0.39 is 0 Å². The van der Waals surface area contributed by atoms with Gasteiger partial charge in [-0.3, -0.25) is 0 Å². The van der Waals surface area contributed by atoms with Gasteiger partial charge in [-0.1, -0.05) is 155 Å². The lowest BCUT2D eigenvalue weighted by Crippen LogP contribution is -2.62. The first-order valence-electron chi connectivity index (χ1n) is 25.3. The van der Waals surface area contributed by atoms with Gasteiger partial charge in [-0.05, 0) is 191 Å². The lowest BCUT2D eigenvalue weighted by molar-refractivity contribution is 0.331. The van der Waals surface area contributed by atoms with E-state index in [-0.39, 0.29) is 50.0 Å². The Bertz CT molecular complexity index is 2840. The van der Waals surface area contributed by atoms with Gasteiger partial charge in [0.15, 0.2) is 0 Å². The van der Waals surface area contributed by atoms with Gasteiger partial charge in [0.25, 0.3) is 6.71 Å². The van der Waals surface area contributed by atoms with E-state index in [9.17, 15) is 0 Å². The molecule has 3 heteroatoms. The van der Waals surface area contributed by atoms with Crippen LogP contribution in [0.5, 0.6) is 0 Å². The van der Waals surface area contributed by atoms with Crippen molar-refractivity contribution in [2.75, 3.05) is 9.80 Å². The zero-order valence-corrected chi connectivity index (χ0v) is 43.9. The molecule has 0 aromatic heterocycles. The molecule has 5 aromatic carbocycles. The Morgan fingerprint density at radius 2 is 0.862 bits per heavy atom. The maximum absolute atomic E-state index is 2.77. The van der Waals surface area contributed by atoms with Gasteiger partial charge in [0.05, 0.1) is 0 Å². The molecule has 0 saturated heterocycles. The van der Waals surface area contributed by atoms with Gasteiger partial charge in [-0.2, -0.15) is 0 Å². The van der Waals surface area contributed by atoms with Gasteiger partial charge < -0.3 is 9.80 Å². The van der Waals surface area contributed by atoms with E-state index in [1.165, 1.54) is 126 Å². The Morgan fingerprint density at radius 3 is 1.42 bits per heavy atom. The predicted octanol–water partition coefficient (Wildman–Crippen LogP) is 15.3. The van der Waals surface area contributed by atoms with Crippen LogP contribution >= 0.6 is 0 Å². The van der Waals surface area contributed by atoms with Gasteiger partial charge in [0, 0.05) is 34.1 Å². The SMILES string of the molecule is Cc1cc2c(cc1N1c3cc4c(cc3B3c5cc(C(C)(C)C)ccc5N(c5ccc6c(c5)C(C)(C)CC6(C)C)c5cc(C(C)(C)C)cc1c53)C(C)(C)CCC4(C)C)C(C)(C)CCC2(C)C. The summed E-state index contributed by atoms with van der Waals surface area (Å²) in [6, 6.07) is 30.9. The van der Waals surface area contributed by atoms with Crippen LogP contribution in [0.25, 0.3) is 0 Å². The molecule has 0 fully saturated rings. The highest BCUT2D eigenvalue weighted by Gasteiger charge is 2.49. The molecule has 0 atom stereocenters. The van der Waals surface area contributed by atoms with Crippen LogP contribution in [0, 0.1) is 6.92 Å². The fraction of sp³-hybridized carbons (Fsp3) is 0.516. The summed E-state index contributed by atoms with van der Waals surface area (Å²) < 4.78 is 0. The molecule has 2 aliphatic heterocycles. The van der Waals surface area contributed by atoms with Crippen molar-refractivity contribution in [3.63, 3.8) is 0 Å². The molecule has 0 bridgehead atoms. The van der Waals surface area contributed by atoms with Crippen molar-refractivity contribution in [1.29, 1.82) is 0 Å². The number of anilines is 6. The molecule has 0 saturated carbocycles. The average molecular weight is 863 g/mol. The lowest BCUT2D eigenvalue weighted by atomic mass is 9.32. The van der Waals surface area contributed by atoms with Crippen molar-refractivity contribution in [2.24, 2.45) is 0 Å². The van der Waals surface area contributed by atoms with Crippen LogP contribution in [-0.4, -0.2) is 6.71 Å². The van der Waals surface area contributed by atoms with E-state index in [1.807, 2.05) is 0 Å². The van der Waals surface area contributed by atoms with E-state index in [0.717, 1.165) is 6.42 Å². The highest BCUT2D eigenvalue weighted by atomic mass is 15.2. The van der Waals surface area contributed by atoms with Crippen molar-refractivity contribution in [1.82, 2.24) is 0 Å². The lowest BCUT2D eigenvalue weighted by Gasteiger charge is -2.49. The second kappa shape index (κ2) is 13.5. The van der Waals surface area contributed by atoms with E-state index in [4.69, 9.17) is 0 Å². The Labute approximate surface area is 395 Å². The number of rotatable bonds is 2. The van der Waals surface area contributed by atoms with Crippen LogP contribution in [0.15, 0.2) is 72.8 Å². The summed E-state index contributed by atoms with van der Waals surface area (Å²) in [5.41, 5.74) is 26.0. The fourth-order valence-electron chi connectivity index (χ4n) is 13.6. The minimum absolute atomic E-state index is 0.00550. The number of fused-ring (bicyclic) bond motifs is 7. The molecule has 5 aromatic rings. The normalized spacial score (nSPS) is 21.2. The summed E-state index contributed by atoms with van der Waals surface area (Å²) in [6.07, 6.45) is 5.93. The number of hydrogen-bond acceptors (Lipinski definition) is 2. The summed E-state index contributed by atoms with van der Waals surface area (Å²) in [4.78, 5) is 5.46. The van der Waals surface area contributed by atoms with E-state index >= 15 is 0 Å². The molecule has 0 unspecified atom stereocenters. The van der Waals surface area contributed by atoms with Gasteiger partial charge in [0.1, 0.15) is 0 Å². The van der Waals surface area contributed by atoms with E-state index in [2.05, 4.69) is 214 Å². The summed E-state index contributed by atoms with van der Waals surface area (Å²) in [5.74, 6) is 0. The molecule has 0 radical (unpaired) electrons. The molecular formula is C62H79BN2. The summed E-state index contributed by atoms with van der Waals surface area (Å²) >= 11 is 0. The molecule has 340 valence electrons. The van der Waals surface area contributed by atoms with Crippen LogP contribution in [0.3, 0.4) is 0 Å². The molecule has 10 rings (SSSR count). The third kappa shape index (κ3) is 6.60. The van der Waals surface area contributed by atoms with Crippen LogP contribution in [0.4, 0.5) is 34.1 Å². The maximum Gasteiger partial charge on any atom is 0.252 e. The van der Waals surface area contributed by atoms with Gasteiger partial charge in [0.2, 0.25) is 0 Å². The first kappa shape index (κ1) is 44.6. The highest BCUT2D eigenvalue weighted by molar-refractivity contribution is 7.00. The number of aryl methyl sites for hydroxylation is 1. The molecule has 0 amide bonds. The maximum atomic E-state index is 2.77. The summed E-state index contributed by atoms with van der Waals surface area (Å²) in [5, 5.41) is 0. The quantitative estimate of drug-likeness (QED) is 0.160. The van der Waals surface area contributed by atoms with Crippen LogP contribution in [0.1, 0.15) is 207 Å². The van der Waals surface area contributed by atoms with Gasteiger partial charge in [-0.25, -0.2) is 0 Å². The molecule has 65 heavy (non-hydrogen) atoms. The number of nitrogens with zero attached hydrogens (tertiary/aromatic N) is 2. The van der Waals surface area contributed by atoms with Crippen LogP contribution < -0.4 is 26.2 Å². The van der Waals surface area contributed by atoms with Crippen molar-refractivity contribution < 1.29 is 0 Å². The average Bonchev–Trinajstić information content (AvgIpc) is 3.38. The van der Waals surface area contributed by atoms with Gasteiger partial charge in [-0.15, -0.1) is 0 Å². The van der Waals surface area contributed by atoms with E-state index in [1.54, 1.807) is 0 Å². The van der Waals surface area contributed by atoms with E-state index in [0.29, 0.717) is 0 Å². The molecular weight excluding hydrogens is 784 g/mol. The fourth-order valence-corrected chi connectivity index (χ4v) is 13.6. The Balaban J connectivity index is 1.37. The molecule has 3 aliphatic carbocycles. The summed E-state index contributed by atoms with van der Waals surface area (Å²) in [6.45, 7) is 46.6. The second-order valence-electron chi connectivity index (χ2n) is 27.7. The van der Waals surface area contributed by atoms with Crippen LogP contribution in [-0.2, 0) is 43.3 Å². The predicted molar refractivity (Wildman–Crippen MR) is 284 cm³/mol. The molecule has 2 heterocycles. The first-order valence-corrected chi connectivity index (χ1v) is 25.3. The van der Waals surface area contributed by atoms with Crippen molar-refractivity contribution in [3.05, 3.63) is 123 Å². The third-order valence-corrected chi connectivity index (χ3v) is 17.8. The minimum Gasteiger partial charge on any atom is -0.311 e. The monoisotopic (exact) mass is 863 g/mol. The smallest absolute Gasteiger partial charge is 0.252 e. The molecule has 5 aliphatic rings. The Kier molecular flexibility index (Phi) is 9.24. The molecule has 0 N–H and O–H groups in total. The second-order valence-corrected chi connectivity index (χ2v) is 27.7. The standard InChI is InChI=1S/C62H79BN2/c1-37-28-42-45(59(12,13)26-24-57(42,8)9)34-50(37)65-51-35-46-44(58(10,11)25-27-60(46,14)15)33-48(51)63-47-29-38(55(2,3)4)20-23-49(47)64(52-30-39(56(5,6)7)31-53(65)54(52)63)40-21-22-41-43(32-40)62(18,19)36-61(41,16)17/h20-23,28-35H,24-27,36H2,1-19H3. The van der Waals surface area contributed by atoms with Crippen LogP contribution in [0.2, 0.25) is 0 Å². The first-order chi connectivity index (χ1) is 29.8. The topological polar surface area (TPSA) is 6.48 Å². The molecule has 0 spiro atoms. The molecule has 2 nitrogen and oxygen atoms in total. The van der Waals surface area contributed by atoms with Crippen molar-refractivity contribution in [2.45, 2.75) is 207 Å². The summed E-state index contributed by atoms with van der Waals surface area (Å²) in [7, 11) is 0. The largest absolute Gasteiger partial charge is 0.311 e. The van der Waals surface area contributed by atoms with Gasteiger partial charge >= 0.3 is 0 Å². The number of hydrogen-bond donors (Lipinski definition) is 0. The Hall–Kier alpha value is -4.24. The third-order valence-electron chi connectivity index (χ3n) is 17.8. The highest BCUT2D eigenvalue weighted by Crippen LogP contribution is 2.55. The minimum atomic E-state index is -0.0856. The zero-order valence-electron chi connectivity index (χ0n) is 43.9.